The molecule has 0 saturated heterocycles. The van der Waals surface area contributed by atoms with Crippen LogP contribution in [-0.2, 0) is 0 Å². The molecule has 0 unspecified atom stereocenters. The summed E-state index contributed by atoms with van der Waals surface area (Å²) in [5.74, 6) is 0. The van der Waals surface area contributed by atoms with Gasteiger partial charge in [0.2, 0.25) is 0 Å². The first kappa shape index (κ1) is 11.1. The normalized spacial score (nSPS) is 10.8. The Kier molecular flexibility index (Phi) is 2.68. The van der Waals surface area contributed by atoms with Crippen LogP contribution in [0.4, 0.5) is 5.69 Å². The molecule has 1 aromatic heterocycles. The molecule has 0 aliphatic heterocycles. The summed E-state index contributed by atoms with van der Waals surface area (Å²) >= 11 is 6.08. The number of H-pyrrole nitrogens is 1. The SMILES string of the molecule is CNc1ccc(Cl)cc1-c1n[nH]c2ccccc12. The fourth-order valence-electron chi connectivity index (χ4n) is 2.10. The minimum atomic E-state index is 0.705. The molecule has 3 nitrogen and oxygen atoms in total. The number of aromatic nitrogens is 2. The van der Waals surface area contributed by atoms with E-state index < -0.39 is 0 Å². The van der Waals surface area contributed by atoms with Gasteiger partial charge in [-0.25, -0.2) is 0 Å². The quantitative estimate of drug-likeness (QED) is 0.730. The highest BCUT2D eigenvalue weighted by Gasteiger charge is 2.11. The predicted octanol–water partition coefficient (Wildman–Crippen LogP) is 3.93. The molecule has 0 bridgehead atoms. The van der Waals surface area contributed by atoms with Crippen molar-refractivity contribution in [3.8, 4) is 11.3 Å². The van der Waals surface area contributed by atoms with Crippen molar-refractivity contribution in [1.82, 2.24) is 10.2 Å². The summed E-state index contributed by atoms with van der Waals surface area (Å²) in [6, 6.07) is 13.8. The Bertz CT molecular complexity index is 703. The molecule has 0 fully saturated rings. The van der Waals surface area contributed by atoms with Gasteiger partial charge in [-0.2, -0.15) is 5.10 Å². The summed E-state index contributed by atoms with van der Waals surface area (Å²) in [4.78, 5) is 0. The third-order valence-electron chi connectivity index (χ3n) is 2.98. The van der Waals surface area contributed by atoms with Crippen molar-refractivity contribution in [2.24, 2.45) is 0 Å². The minimum Gasteiger partial charge on any atom is -0.388 e. The lowest BCUT2D eigenvalue weighted by molar-refractivity contribution is 1.12. The van der Waals surface area contributed by atoms with Crippen molar-refractivity contribution in [2.75, 3.05) is 12.4 Å². The van der Waals surface area contributed by atoms with Crippen LogP contribution in [0, 0.1) is 0 Å². The lowest BCUT2D eigenvalue weighted by Gasteiger charge is -2.07. The standard InChI is InChI=1S/C14H12ClN3/c1-16-12-7-6-9(15)8-11(12)14-10-4-2-3-5-13(10)17-18-14/h2-8,16H,1H3,(H,17,18). The highest BCUT2D eigenvalue weighted by Crippen LogP contribution is 2.33. The van der Waals surface area contributed by atoms with Crippen LogP contribution in [0.3, 0.4) is 0 Å². The number of rotatable bonds is 2. The van der Waals surface area contributed by atoms with Gasteiger partial charge < -0.3 is 5.32 Å². The molecule has 90 valence electrons. The van der Waals surface area contributed by atoms with Gasteiger partial charge in [-0.3, -0.25) is 5.10 Å². The second-order valence-corrected chi connectivity index (χ2v) is 4.49. The Balaban J connectivity index is 2.29. The van der Waals surface area contributed by atoms with E-state index in [4.69, 9.17) is 11.6 Å². The molecular formula is C14H12ClN3. The lowest BCUT2D eigenvalue weighted by Crippen LogP contribution is -1.92. The molecule has 4 heteroatoms. The van der Waals surface area contributed by atoms with Gasteiger partial charge in [0.15, 0.2) is 0 Å². The Hall–Kier alpha value is -2.00. The summed E-state index contributed by atoms with van der Waals surface area (Å²) < 4.78 is 0. The number of aromatic amines is 1. The van der Waals surface area contributed by atoms with Gasteiger partial charge in [0.25, 0.3) is 0 Å². The van der Waals surface area contributed by atoms with Gasteiger partial charge in [0.1, 0.15) is 5.69 Å². The maximum atomic E-state index is 6.08. The van der Waals surface area contributed by atoms with Crippen LogP contribution in [0.15, 0.2) is 42.5 Å². The highest BCUT2D eigenvalue weighted by atomic mass is 35.5. The number of benzene rings is 2. The fourth-order valence-corrected chi connectivity index (χ4v) is 2.27. The molecule has 3 aromatic rings. The number of anilines is 1. The lowest BCUT2D eigenvalue weighted by atomic mass is 10.1. The Morgan fingerprint density at radius 3 is 2.83 bits per heavy atom. The second-order valence-electron chi connectivity index (χ2n) is 4.06. The molecule has 1 heterocycles. The van der Waals surface area contributed by atoms with Gasteiger partial charge in [-0.05, 0) is 24.3 Å². The number of hydrogen-bond acceptors (Lipinski definition) is 2. The highest BCUT2D eigenvalue weighted by molar-refractivity contribution is 6.31. The number of hydrogen-bond donors (Lipinski definition) is 2. The maximum absolute atomic E-state index is 6.08. The van der Waals surface area contributed by atoms with Gasteiger partial charge in [-0.15, -0.1) is 0 Å². The molecule has 0 aliphatic carbocycles. The maximum Gasteiger partial charge on any atom is 0.102 e. The van der Waals surface area contributed by atoms with Crippen LogP contribution >= 0.6 is 11.6 Å². The molecular weight excluding hydrogens is 246 g/mol. The molecule has 0 radical (unpaired) electrons. The van der Waals surface area contributed by atoms with Crippen molar-refractivity contribution >= 4 is 28.2 Å². The number of fused-ring (bicyclic) bond motifs is 1. The average Bonchev–Trinajstić information content (AvgIpc) is 2.82. The van der Waals surface area contributed by atoms with Crippen LogP contribution < -0.4 is 5.32 Å². The number of para-hydroxylation sites is 1. The third kappa shape index (κ3) is 1.73. The van der Waals surface area contributed by atoms with Gasteiger partial charge in [0.05, 0.1) is 5.52 Å². The van der Waals surface area contributed by atoms with E-state index in [0.29, 0.717) is 5.02 Å². The summed E-state index contributed by atoms with van der Waals surface area (Å²) in [6.45, 7) is 0. The predicted molar refractivity (Wildman–Crippen MR) is 76.1 cm³/mol. The summed E-state index contributed by atoms with van der Waals surface area (Å²) in [5.41, 5.74) is 3.95. The molecule has 0 atom stereocenters. The zero-order chi connectivity index (χ0) is 12.5. The van der Waals surface area contributed by atoms with Crippen molar-refractivity contribution < 1.29 is 0 Å². The van der Waals surface area contributed by atoms with E-state index in [2.05, 4.69) is 21.6 Å². The van der Waals surface area contributed by atoms with E-state index in [1.807, 2.05) is 43.4 Å². The second kappa shape index (κ2) is 4.35. The average molecular weight is 258 g/mol. The van der Waals surface area contributed by atoms with Crippen molar-refractivity contribution in [3.05, 3.63) is 47.5 Å². The van der Waals surface area contributed by atoms with Gasteiger partial charge in [-0.1, -0.05) is 29.8 Å². The number of halogens is 1. The third-order valence-corrected chi connectivity index (χ3v) is 3.21. The van der Waals surface area contributed by atoms with Crippen LogP contribution in [0.5, 0.6) is 0 Å². The molecule has 0 saturated carbocycles. The van der Waals surface area contributed by atoms with Gasteiger partial charge >= 0.3 is 0 Å². The van der Waals surface area contributed by atoms with E-state index in [9.17, 15) is 0 Å². The van der Waals surface area contributed by atoms with Crippen LogP contribution in [0.25, 0.3) is 22.2 Å². The van der Waals surface area contributed by atoms with E-state index >= 15 is 0 Å². The summed E-state index contributed by atoms with van der Waals surface area (Å²) in [5, 5.41) is 12.4. The molecule has 0 spiro atoms. The van der Waals surface area contributed by atoms with E-state index in [1.54, 1.807) is 0 Å². The van der Waals surface area contributed by atoms with Gasteiger partial charge in [0, 0.05) is 28.7 Å². The molecule has 0 aliphatic rings. The summed E-state index contributed by atoms with van der Waals surface area (Å²) in [6.07, 6.45) is 0. The smallest absolute Gasteiger partial charge is 0.102 e. The number of nitrogens with zero attached hydrogens (tertiary/aromatic N) is 1. The molecule has 2 N–H and O–H groups in total. The Morgan fingerprint density at radius 1 is 1.17 bits per heavy atom. The fraction of sp³-hybridized carbons (Fsp3) is 0.0714. The molecule has 3 rings (SSSR count). The first-order chi connectivity index (χ1) is 8.79. The van der Waals surface area contributed by atoms with E-state index in [1.165, 1.54) is 0 Å². The largest absolute Gasteiger partial charge is 0.388 e. The summed E-state index contributed by atoms with van der Waals surface area (Å²) in [7, 11) is 1.89. The van der Waals surface area contributed by atoms with Crippen LogP contribution in [0.1, 0.15) is 0 Å². The van der Waals surface area contributed by atoms with Crippen molar-refractivity contribution in [3.63, 3.8) is 0 Å². The first-order valence-electron chi connectivity index (χ1n) is 5.70. The zero-order valence-corrected chi connectivity index (χ0v) is 10.6. The molecule has 0 amide bonds. The van der Waals surface area contributed by atoms with Crippen LogP contribution in [0.2, 0.25) is 5.02 Å². The first-order valence-corrected chi connectivity index (χ1v) is 6.08. The van der Waals surface area contributed by atoms with Crippen molar-refractivity contribution in [2.45, 2.75) is 0 Å². The Morgan fingerprint density at radius 2 is 2.00 bits per heavy atom. The monoisotopic (exact) mass is 257 g/mol. The zero-order valence-electron chi connectivity index (χ0n) is 9.87. The number of nitrogens with one attached hydrogen (secondary N) is 2. The Labute approximate surface area is 110 Å². The minimum absolute atomic E-state index is 0.705. The molecule has 2 aromatic carbocycles. The molecule has 18 heavy (non-hydrogen) atoms. The van der Waals surface area contributed by atoms with Crippen LogP contribution in [-0.4, -0.2) is 17.2 Å². The van der Waals surface area contributed by atoms with E-state index in [0.717, 1.165) is 27.8 Å². The topological polar surface area (TPSA) is 40.7 Å². The van der Waals surface area contributed by atoms with Crippen molar-refractivity contribution in [1.29, 1.82) is 0 Å². The van der Waals surface area contributed by atoms with E-state index in [-0.39, 0.29) is 0 Å².